The molecule has 4 unspecified atom stereocenters. The lowest BCUT2D eigenvalue weighted by molar-refractivity contribution is -0.147. The summed E-state index contributed by atoms with van der Waals surface area (Å²) in [7, 11) is 1.67. The van der Waals surface area contributed by atoms with Crippen LogP contribution in [0.25, 0.3) is 0 Å². The first-order chi connectivity index (χ1) is 18.8. The van der Waals surface area contributed by atoms with E-state index in [1.165, 1.54) is 0 Å². The molecule has 0 radical (unpaired) electrons. The van der Waals surface area contributed by atoms with Crippen LogP contribution >= 0.6 is 15.9 Å². The summed E-state index contributed by atoms with van der Waals surface area (Å²) >= 11 is 3.41. The molecule has 39 heavy (non-hydrogen) atoms. The fourth-order valence-electron chi connectivity index (χ4n) is 5.19. The first-order valence-corrected chi connectivity index (χ1v) is 14.2. The summed E-state index contributed by atoms with van der Waals surface area (Å²) in [6.07, 6.45) is 2.00. The molecule has 2 aromatic rings. The number of amides is 4. The second-order valence-corrected chi connectivity index (χ2v) is 11.1. The second-order valence-electron chi connectivity index (χ2n) is 10.2. The molecule has 2 aromatic carbocycles. The molecular weight excluding hydrogens is 562 g/mol. The van der Waals surface area contributed by atoms with Gasteiger partial charge < -0.3 is 25.8 Å². The Morgan fingerprint density at radius 1 is 1.00 bits per heavy atom. The maximum Gasteiger partial charge on any atom is 0.247 e. The predicted molar refractivity (Wildman–Crippen MR) is 151 cm³/mol. The Morgan fingerprint density at radius 3 is 2.41 bits per heavy atom. The van der Waals surface area contributed by atoms with Crippen molar-refractivity contribution >= 4 is 39.6 Å². The predicted octanol–water partition coefficient (Wildman–Crippen LogP) is 1.99. The lowest BCUT2D eigenvalue weighted by Crippen LogP contribution is -2.62. The van der Waals surface area contributed by atoms with Crippen molar-refractivity contribution in [2.45, 2.75) is 63.3 Å². The number of hydrogen-bond donors (Lipinski definition) is 3. The van der Waals surface area contributed by atoms with Crippen LogP contribution in [0.3, 0.4) is 0 Å². The zero-order valence-electron chi connectivity index (χ0n) is 22.4. The first-order valence-electron chi connectivity index (χ1n) is 13.4. The number of carbonyl (C=O) groups is 4. The Hall–Kier alpha value is -3.24. The van der Waals surface area contributed by atoms with Gasteiger partial charge in [-0.2, -0.15) is 0 Å². The van der Waals surface area contributed by atoms with Crippen LogP contribution in [0.1, 0.15) is 37.3 Å². The molecule has 0 aromatic heterocycles. The largest absolute Gasteiger partial charge is 0.350 e. The van der Waals surface area contributed by atoms with E-state index >= 15 is 0 Å². The van der Waals surface area contributed by atoms with Crippen LogP contribution in [0.5, 0.6) is 0 Å². The van der Waals surface area contributed by atoms with E-state index in [1.807, 2.05) is 54.6 Å². The van der Waals surface area contributed by atoms with Gasteiger partial charge in [-0.15, -0.1) is 0 Å². The van der Waals surface area contributed by atoms with E-state index in [9.17, 15) is 19.2 Å². The molecule has 4 atom stereocenters. The van der Waals surface area contributed by atoms with Gasteiger partial charge in [0.05, 0.1) is 12.5 Å². The molecule has 10 heteroatoms. The number of nitrogens with zero attached hydrogens (tertiary/aromatic N) is 2. The summed E-state index contributed by atoms with van der Waals surface area (Å²) in [6.45, 7) is 2.57. The molecule has 2 heterocycles. The number of fused-ring (bicyclic) bond motifs is 1. The van der Waals surface area contributed by atoms with Gasteiger partial charge in [-0.25, -0.2) is 0 Å². The Labute approximate surface area is 237 Å². The molecule has 2 aliphatic heterocycles. The van der Waals surface area contributed by atoms with Gasteiger partial charge in [-0.1, -0.05) is 58.4 Å². The molecule has 0 spiro atoms. The van der Waals surface area contributed by atoms with E-state index in [-0.39, 0.29) is 42.6 Å². The number of nitrogens with one attached hydrogen (secondary N) is 3. The fraction of sp³-hybridized carbons (Fsp3) is 0.448. The topological polar surface area (TPSA) is 111 Å². The van der Waals surface area contributed by atoms with Gasteiger partial charge in [-0.3, -0.25) is 19.2 Å². The number of carbonyl (C=O) groups excluding carboxylic acids is 4. The molecule has 4 rings (SSSR count). The summed E-state index contributed by atoms with van der Waals surface area (Å²) < 4.78 is 0.958. The lowest BCUT2D eigenvalue weighted by Gasteiger charge is -2.39. The minimum absolute atomic E-state index is 0.0587. The summed E-state index contributed by atoms with van der Waals surface area (Å²) in [5.41, 5.74) is 1.85. The number of halogens is 1. The van der Waals surface area contributed by atoms with E-state index < -0.39 is 18.1 Å². The summed E-state index contributed by atoms with van der Waals surface area (Å²) in [5, 5.41) is 8.71. The molecule has 0 bridgehead atoms. The Morgan fingerprint density at radius 2 is 1.72 bits per heavy atom. The molecular formula is C29H36BrN5O4. The molecule has 2 fully saturated rings. The van der Waals surface area contributed by atoms with E-state index in [0.29, 0.717) is 32.4 Å². The molecule has 2 aliphatic rings. The smallest absolute Gasteiger partial charge is 0.247 e. The van der Waals surface area contributed by atoms with E-state index in [4.69, 9.17) is 0 Å². The molecule has 2 saturated heterocycles. The molecule has 0 saturated carbocycles. The van der Waals surface area contributed by atoms with Gasteiger partial charge in [0, 0.05) is 30.1 Å². The second kappa shape index (κ2) is 13.2. The molecule has 9 nitrogen and oxygen atoms in total. The van der Waals surface area contributed by atoms with Crippen molar-refractivity contribution in [2.24, 2.45) is 0 Å². The standard InChI is InChI=1S/C29H36BrN5O4/c1-19(31-2)27(37)33-24-18-34(26(36)16-20-6-4-3-5-7-20)15-14-23-12-13-25(35(23)29(24)39)28(38)32-17-21-8-10-22(30)11-9-21/h3-11,19,23-25,31H,12-18H2,1-2H3,(H,32,38)(H,33,37). The third-order valence-electron chi connectivity index (χ3n) is 7.57. The van der Waals surface area contributed by atoms with Crippen molar-refractivity contribution in [2.75, 3.05) is 20.1 Å². The number of rotatable bonds is 8. The minimum Gasteiger partial charge on any atom is -0.350 e. The summed E-state index contributed by atoms with van der Waals surface area (Å²) in [5.74, 6) is -0.959. The van der Waals surface area contributed by atoms with Crippen molar-refractivity contribution in [3.8, 4) is 0 Å². The van der Waals surface area contributed by atoms with E-state index in [2.05, 4.69) is 31.9 Å². The first kappa shape index (κ1) is 28.8. The molecule has 0 aliphatic carbocycles. The van der Waals surface area contributed by atoms with Crippen LogP contribution in [0.15, 0.2) is 59.1 Å². The van der Waals surface area contributed by atoms with Crippen LogP contribution in [0.2, 0.25) is 0 Å². The highest BCUT2D eigenvalue weighted by atomic mass is 79.9. The van der Waals surface area contributed by atoms with Gasteiger partial charge in [0.1, 0.15) is 12.1 Å². The number of likely N-dealkylation sites (N-methyl/N-ethyl adjacent to an activating group) is 1. The van der Waals surface area contributed by atoms with Crippen molar-refractivity contribution in [1.29, 1.82) is 0 Å². The third-order valence-corrected chi connectivity index (χ3v) is 8.10. The van der Waals surface area contributed by atoms with E-state index in [0.717, 1.165) is 15.6 Å². The Bertz CT molecular complexity index is 1180. The Balaban J connectivity index is 1.51. The third kappa shape index (κ3) is 7.24. The lowest BCUT2D eigenvalue weighted by atomic mass is 10.0. The normalized spacial score (nSPS) is 21.9. The number of hydrogen-bond acceptors (Lipinski definition) is 5. The summed E-state index contributed by atoms with van der Waals surface area (Å²) in [4.78, 5) is 56.6. The van der Waals surface area contributed by atoms with Crippen LogP contribution < -0.4 is 16.0 Å². The van der Waals surface area contributed by atoms with Crippen LogP contribution in [0.4, 0.5) is 0 Å². The summed E-state index contributed by atoms with van der Waals surface area (Å²) in [6, 6.07) is 14.9. The quantitative estimate of drug-likeness (QED) is 0.431. The van der Waals surface area contributed by atoms with Crippen LogP contribution in [-0.4, -0.2) is 77.7 Å². The highest BCUT2D eigenvalue weighted by Crippen LogP contribution is 2.29. The van der Waals surface area contributed by atoms with Gasteiger partial charge in [0.15, 0.2) is 0 Å². The maximum atomic E-state index is 13.9. The van der Waals surface area contributed by atoms with Gasteiger partial charge in [0.2, 0.25) is 23.6 Å². The molecule has 3 N–H and O–H groups in total. The highest BCUT2D eigenvalue weighted by Gasteiger charge is 2.45. The minimum atomic E-state index is -0.948. The average Bonchev–Trinajstić information content (AvgIpc) is 3.36. The maximum absolute atomic E-state index is 13.9. The van der Waals surface area contributed by atoms with Crippen molar-refractivity contribution < 1.29 is 19.2 Å². The van der Waals surface area contributed by atoms with Gasteiger partial charge in [0.25, 0.3) is 0 Å². The Kier molecular flexibility index (Phi) is 9.74. The van der Waals surface area contributed by atoms with Crippen LogP contribution in [-0.2, 0) is 32.1 Å². The monoisotopic (exact) mass is 597 g/mol. The number of benzene rings is 2. The van der Waals surface area contributed by atoms with Crippen molar-refractivity contribution in [3.05, 3.63) is 70.2 Å². The average molecular weight is 599 g/mol. The highest BCUT2D eigenvalue weighted by molar-refractivity contribution is 9.10. The SMILES string of the molecule is CNC(C)C(=O)NC1CN(C(=O)Cc2ccccc2)CCC2CCC(C(=O)NCc3ccc(Br)cc3)N2C1=O. The fourth-order valence-corrected chi connectivity index (χ4v) is 5.45. The van der Waals surface area contributed by atoms with Crippen LogP contribution in [0, 0.1) is 0 Å². The van der Waals surface area contributed by atoms with Crippen molar-refractivity contribution in [3.63, 3.8) is 0 Å². The van der Waals surface area contributed by atoms with Crippen molar-refractivity contribution in [1.82, 2.24) is 25.8 Å². The van der Waals surface area contributed by atoms with Gasteiger partial charge >= 0.3 is 0 Å². The zero-order chi connectivity index (χ0) is 27.9. The zero-order valence-corrected chi connectivity index (χ0v) is 23.9. The molecule has 4 amide bonds. The van der Waals surface area contributed by atoms with Gasteiger partial charge in [-0.05, 0) is 56.5 Å². The molecule has 208 valence electrons. The van der Waals surface area contributed by atoms with E-state index in [1.54, 1.807) is 23.8 Å².